The minimum absolute atomic E-state index is 0.0184. The van der Waals surface area contributed by atoms with E-state index in [0.29, 0.717) is 11.4 Å². The van der Waals surface area contributed by atoms with E-state index in [9.17, 15) is 4.79 Å². The van der Waals surface area contributed by atoms with Crippen LogP contribution in [0.5, 0.6) is 0 Å². The molecule has 0 bridgehead atoms. The summed E-state index contributed by atoms with van der Waals surface area (Å²) < 4.78 is 1.53. The molecule has 4 heteroatoms. The van der Waals surface area contributed by atoms with Crippen LogP contribution in [0.1, 0.15) is 30.6 Å². The third kappa shape index (κ3) is 2.18. The van der Waals surface area contributed by atoms with Crippen LogP contribution in [-0.4, -0.2) is 15.5 Å². The van der Waals surface area contributed by atoms with Gasteiger partial charge in [-0.15, -0.1) is 0 Å². The van der Waals surface area contributed by atoms with Gasteiger partial charge in [0.05, 0.1) is 5.41 Å². The molecule has 0 saturated heterocycles. The van der Waals surface area contributed by atoms with Crippen LogP contribution in [0.2, 0.25) is 5.02 Å². The Morgan fingerprint density at radius 3 is 2.56 bits per heavy atom. The van der Waals surface area contributed by atoms with Crippen LogP contribution in [0, 0.1) is 0 Å². The van der Waals surface area contributed by atoms with Gasteiger partial charge in [0.2, 0.25) is 5.91 Å². The minimum atomic E-state index is -0.564. The highest BCUT2D eigenvalue weighted by molar-refractivity contribution is 6.30. The Bertz CT molecular complexity index is 533. The standard InChI is InChI=1S/C14H15ClN2O/c1-3-14(2,11-4-6-12(15)7-5-11)13(18)17-9-8-16-10-17/h4-10H,3H2,1-2H3. The van der Waals surface area contributed by atoms with Crippen LogP contribution in [0.25, 0.3) is 0 Å². The van der Waals surface area contributed by atoms with Crippen LogP contribution in [0.3, 0.4) is 0 Å². The number of nitrogens with zero attached hydrogens (tertiary/aromatic N) is 2. The summed E-state index contributed by atoms with van der Waals surface area (Å²) >= 11 is 5.88. The van der Waals surface area contributed by atoms with Crippen molar-refractivity contribution in [2.45, 2.75) is 25.7 Å². The lowest BCUT2D eigenvalue weighted by Crippen LogP contribution is -2.35. The van der Waals surface area contributed by atoms with Crippen LogP contribution in [-0.2, 0) is 5.41 Å². The number of rotatable bonds is 3. The smallest absolute Gasteiger partial charge is 0.242 e. The van der Waals surface area contributed by atoms with E-state index in [4.69, 9.17) is 11.6 Å². The molecule has 0 spiro atoms. The SMILES string of the molecule is CCC(C)(C(=O)n1ccnc1)c1ccc(Cl)cc1. The van der Waals surface area contributed by atoms with Crippen molar-refractivity contribution in [3.05, 3.63) is 53.6 Å². The summed E-state index contributed by atoms with van der Waals surface area (Å²) in [5.74, 6) is 0.0184. The largest absolute Gasteiger partial charge is 0.276 e. The number of imidazole rings is 1. The van der Waals surface area contributed by atoms with Crippen molar-refractivity contribution in [2.75, 3.05) is 0 Å². The van der Waals surface area contributed by atoms with E-state index in [-0.39, 0.29) is 5.91 Å². The van der Waals surface area contributed by atoms with E-state index in [1.54, 1.807) is 12.4 Å². The van der Waals surface area contributed by atoms with Gasteiger partial charge in [0.15, 0.2) is 0 Å². The van der Waals surface area contributed by atoms with E-state index >= 15 is 0 Å². The van der Waals surface area contributed by atoms with E-state index < -0.39 is 5.41 Å². The molecule has 0 saturated carbocycles. The second-order valence-corrected chi connectivity index (χ2v) is 4.90. The second kappa shape index (κ2) is 4.94. The van der Waals surface area contributed by atoms with Gasteiger partial charge < -0.3 is 0 Å². The Morgan fingerprint density at radius 1 is 1.39 bits per heavy atom. The number of carbonyl (C=O) groups is 1. The summed E-state index contributed by atoms with van der Waals surface area (Å²) in [6, 6.07) is 7.43. The Kier molecular flexibility index (Phi) is 3.53. The first-order valence-corrected chi connectivity index (χ1v) is 6.24. The van der Waals surface area contributed by atoms with Crippen molar-refractivity contribution in [2.24, 2.45) is 0 Å². The lowest BCUT2D eigenvalue weighted by atomic mass is 9.79. The number of hydrogen-bond donors (Lipinski definition) is 0. The molecule has 0 fully saturated rings. The number of benzene rings is 1. The molecule has 1 atom stereocenters. The van der Waals surface area contributed by atoms with E-state index in [1.807, 2.05) is 38.1 Å². The van der Waals surface area contributed by atoms with Crippen LogP contribution >= 0.6 is 11.6 Å². The molecule has 0 aliphatic heterocycles. The molecular formula is C14H15ClN2O. The lowest BCUT2D eigenvalue weighted by molar-refractivity contribution is 0.0803. The van der Waals surface area contributed by atoms with Crippen LogP contribution in [0.4, 0.5) is 0 Å². The summed E-state index contributed by atoms with van der Waals surface area (Å²) in [7, 11) is 0. The zero-order valence-corrected chi connectivity index (χ0v) is 11.2. The summed E-state index contributed by atoms with van der Waals surface area (Å²) in [5, 5.41) is 0.673. The van der Waals surface area contributed by atoms with Crippen molar-refractivity contribution in [3.8, 4) is 0 Å². The van der Waals surface area contributed by atoms with Gasteiger partial charge in [-0.1, -0.05) is 30.7 Å². The number of aromatic nitrogens is 2. The van der Waals surface area contributed by atoms with Crippen LogP contribution < -0.4 is 0 Å². The molecule has 2 aromatic rings. The minimum Gasteiger partial charge on any atom is -0.276 e. The average Bonchev–Trinajstić information content (AvgIpc) is 2.91. The number of carbonyl (C=O) groups excluding carboxylic acids is 1. The molecule has 0 aliphatic carbocycles. The summed E-state index contributed by atoms with van der Waals surface area (Å²) in [4.78, 5) is 16.5. The molecule has 0 radical (unpaired) electrons. The molecule has 0 amide bonds. The maximum atomic E-state index is 12.5. The van der Waals surface area contributed by atoms with Crippen molar-refractivity contribution in [1.29, 1.82) is 0 Å². The predicted octanol–water partition coefficient (Wildman–Crippen LogP) is 3.54. The van der Waals surface area contributed by atoms with Crippen molar-refractivity contribution < 1.29 is 4.79 Å². The summed E-state index contributed by atoms with van der Waals surface area (Å²) in [6.07, 6.45) is 5.53. The van der Waals surface area contributed by atoms with Crippen molar-refractivity contribution in [3.63, 3.8) is 0 Å². The molecule has 2 rings (SSSR count). The Hall–Kier alpha value is -1.61. The highest BCUT2D eigenvalue weighted by Crippen LogP contribution is 2.30. The molecule has 1 aromatic carbocycles. The molecule has 1 aromatic heterocycles. The fraction of sp³-hybridized carbons (Fsp3) is 0.286. The fourth-order valence-electron chi connectivity index (χ4n) is 1.96. The first kappa shape index (κ1) is 12.8. The van der Waals surface area contributed by atoms with E-state index in [0.717, 1.165) is 5.56 Å². The third-order valence-corrected chi connectivity index (χ3v) is 3.65. The average molecular weight is 263 g/mol. The third-order valence-electron chi connectivity index (χ3n) is 3.40. The van der Waals surface area contributed by atoms with Gasteiger partial charge >= 0.3 is 0 Å². The molecule has 0 aliphatic rings. The predicted molar refractivity (Wildman–Crippen MR) is 71.9 cm³/mol. The van der Waals surface area contributed by atoms with Crippen LogP contribution in [0.15, 0.2) is 43.0 Å². The first-order valence-electron chi connectivity index (χ1n) is 5.86. The maximum Gasteiger partial charge on any atom is 0.242 e. The van der Waals surface area contributed by atoms with Gasteiger partial charge in [0.25, 0.3) is 0 Å². The Balaban J connectivity index is 2.42. The quantitative estimate of drug-likeness (QED) is 0.848. The molecule has 18 heavy (non-hydrogen) atoms. The topological polar surface area (TPSA) is 34.9 Å². The number of halogens is 1. The highest BCUT2D eigenvalue weighted by Gasteiger charge is 2.34. The van der Waals surface area contributed by atoms with Gasteiger partial charge in [0.1, 0.15) is 6.33 Å². The molecule has 0 N–H and O–H groups in total. The zero-order valence-electron chi connectivity index (χ0n) is 10.4. The van der Waals surface area contributed by atoms with E-state index in [2.05, 4.69) is 4.98 Å². The lowest BCUT2D eigenvalue weighted by Gasteiger charge is -2.27. The molecule has 3 nitrogen and oxygen atoms in total. The molecular weight excluding hydrogens is 248 g/mol. The second-order valence-electron chi connectivity index (χ2n) is 4.47. The van der Waals surface area contributed by atoms with Gasteiger partial charge in [-0.05, 0) is 31.0 Å². The number of hydrogen-bond acceptors (Lipinski definition) is 2. The van der Waals surface area contributed by atoms with Gasteiger partial charge in [-0.25, -0.2) is 4.98 Å². The van der Waals surface area contributed by atoms with Gasteiger partial charge in [0, 0.05) is 17.4 Å². The van der Waals surface area contributed by atoms with E-state index in [1.165, 1.54) is 10.9 Å². The first-order chi connectivity index (χ1) is 8.58. The molecule has 94 valence electrons. The van der Waals surface area contributed by atoms with Gasteiger partial charge in [-0.2, -0.15) is 0 Å². The van der Waals surface area contributed by atoms with Crippen molar-refractivity contribution in [1.82, 2.24) is 9.55 Å². The Labute approximate surface area is 111 Å². The Morgan fingerprint density at radius 2 is 2.06 bits per heavy atom. The summed E-state index contributed by atoms with van der Waals surface area (Å²) in [5.41, 5.74) is 0.402. The zero-order chi connectivity index (χ0) is 13.2. The highest BCUT2D eigenvalue weighted by atomic mass is 35.5. The maximum absolute atomic E-state index is 12.5. The summed E-state index contributed by atoms with van der Waals surface area (Å²) in [6.45, 7) is 3.95. The molecule has 1 heterocycles. The molecule has 1 unspecified atom stereocenters. The monoisotopic (exact) mass is 262 g/mol. The van der Waals surface area contributed by atoms with Crippen molar-refractivity contribution >= 4 is 17.5 Å². The normalized spacial score (nSPS) is 14.2. The fourth-order valence-corrected chi connectivity index (χ4v) is 2.09. The van der Waals surface area contributed by atoms with Gasteiger partial charge in [-0.3, -0.25) is 9.36 Å².